The highest BCUT2D eigenvalue weighted by Gasteiger charge is 2.31. The van der Waals surface area contributed by atoms with Crippen LogP contribution in [0.15, 0.2) is 56.1 Å². The quantitative estimate of drug-likeness (QED) is 0.384. The van der Waals surface area contributed by atoms with Crippen LogP contribution in [0.4, 0.5) is 4.79 Å². The normalized spacial score (nSPS) is 16.8. The van der Waals surface area contributed by atoms with E-state index in [9.17, 15) is 19.6 Å². The summed E-state index contributed by atoms with van der Waals surface area (Å²) in [5, 5.41) is 13.3. The molecule has 2 atom stereocenters. The van der Waals surface area contributed by atoms with Crippen LogP contribution in [0.5, 0.6) is 0 Å². The van der Waals surface area contributed by atoms with Crippen molar-refractivity contribution < 1.29 is 27.9 Å². The lowest BCUT2D eigenvalue weighted by atomic mass is 10.0. The van der Waals surface area contributed by atoms with Gasteiger partial charge in [0.25, 0.3) is 5.91 Å². The molecular formula is C30H32N4O7. The predicted molar refractivity (Wildman–Crippen MR) is 150 cm³/mol. The molecule has 4 aromatic rings. The van der Waals surface area contributed by atoms with Crippen molar-refractivity contribution in [3.63, 3.8) is 0 Å². The third-order valence-electron chi connectivity index (χ3n) is 6.79. The Balaban J connectivity index is 1.27. The molecule has 1 aliphatic rings. The number of oxazole rings is 1. The second-order valence-electron chi connectivity index (χ2n) is 11.1. The van der Waals surface area contributed by atoms with Crippen LogP contribution in [-0.4, -0.2) is 58.9 Å². The van der Waals surface area contributed by atoms with Gasteiger partial charge < -0.3 is 28.5 Å². The summed E-state index contributed by atoms with van der Waals surface area (Å²) in [7, 11) is 1.66. The molecule has 214 valence electrons. The fourth-order valence-corrected chi connectivity index (χ4v) is 4.76. The second kappa shape index (κ2) is 11.1. The lowest BCUT2D eigenvalue weighted by Crippen LogP contribution is -2.48. The van der Waals surface area contributed by atoms with Gasteiger partial charge in [-0.25, -0.2) is 9.59 Å². The van der Waals surface area contributed by atoms with Gasteiger partial charge in [-0.3, -0.25) is 9.36 Å². The van der Waals surface area contributed by atoms with E-state index in [1.54, 1.807) is 33.9 Å². The first-order chi connectivity index (χ1) is 19.5. The minimum absolute atomic E-state index is 0.0328. The highest BCUT2D eigenvalue weighted by molar-refractivity contribution is 5.87. The topological polar surface area (TPSA) is 140 Å². The van der Waals surface area contributed by atoms with E-state index < -0.39 is 35.5 Å². The van der Waals surface area contributed by atoms with Crippen molar-refractivity contribution in [3.8, 4) is 17.2 Å². The molecule has 2 aromatic heterocycles. The molecule has 11 heteroatoms. The predicted octanol–water partition coefficient (Wildman–Crippen LogP) is 4.12. The standard InChI is InChI=1S/C30H32N4O7/c1-30(2,3)41-29(37)34-10-5-11-38-26(17-34)27(35)32-21(16-31)15-22-13-20-12-18(6-8-24(20)39-22)19-7-9-25-23(14-19)33(4)28(36)40-25/h6-9,12-14,21,26H,5,10-11,15,17H2,1-4H3,(H,32,35)/t21?,26-/m0/s1. The van der Waals surface area contributed by atoms with Crippen molar-refractivity contribution >= 4 is 34.1 Å². The molecule has 11 nitrogen and oxygen atoms in total. The summed E-state index contributed by atoms with van der Waals surface area (Å²) in [6.45, 7) is 6.10. The van der Waals surface area contributed by atoms with E-state index in [0.717, 1.165) is 16.5 Å². The Morgan fingerprint density at radius 3 is 2.59 bits per heavy atom. The Bertz CT molecular complexity index is 1700. The highest BCUT2D eigenvalue weighted by atomic mass is 16.6. The second-order valence-corrected chi connectivity index (χ2v) is 11.1. The summed E-state index contributed by atoms with van der Waals surface area (Å²) in [4.78, 5) is 38.9. The summed E-state index contributed by atoms with van der Waals surface area (Å²) in [6, 6.07) is 14.4. The molecular weight excluding hydrogens is 528 g/mol. The average Bonchev–Trinajstić information content (AvgIpc) is 3.33. The monoisotopic (exact) mass is 560 g/mol. The summed E-state index contributed by atoms with van der Waals surface area (Å²) < 4.78 is 23.8. The van der Waals surface area contributed by atoms with E-state index in [4.69, 9.17) is 18.3 Å². The maximum atomic E-state index is 13.0. The Morgan fingerprint density at radius 1 is 1.12 bits per heavy atom. The molecule has 0 bridgehead atoms. The number of fused-ring (bicyclic) bond motifs is 2. The number of carbonyl (C=O) groups excluding carboxylic acids is 2. The number of amides is 2. The summed E-state index contributed by atoms with van der Waals surface area (Å²) >= 11 is 0. The molecule has 1 fully saturated rings. The number of aromatic nitrogens is 1. The van der Waals surface area contributed by atoms with Crippen LogP contribution >= 0.6 is 0 Å². The van der Waals surface area contributed by atoms with Crippen molar-refractivity contribution in [2.75, 3.05) is 19.7 Å². The molecule has 1 saturated heterocycles. The van der Waals surface area contributed by atoms with Gasteiger partial charge in [-0.1, -0.05) is 12.1 Å². The smallest absolute Gasteiger partial charge is 0.419 e. The largest absolute Gasteiger partial charge is 0.461 e. The lowest BCUT2D eigenvalue weighted by Gasteiger charge is -2.27. The molecule has 1 N–H and O–H groups in total. The van der Waals surface area contributed by atoms with E-state index in [-0.39, 0.29) is 13.0 Å². The number of aryl methyl sites for hydroxylation is 1. The van der Waals surface area contributed by atoms with Crippen molar-refractivity contribution in [1.82, 2.24) is 14.8 Å². The SMILES string of the molecule is Cn1c(=O)oc2ccc(-c3ccc4oc(CC(C#N)NC(=O)[C@@H]5CN(C(=O)OC(C)(C)C)CCCO5)cc4c3)cc21. The summed E-state index contributed by atoms with van der Waals surface area (Å²) in [6.07, 6.45) is -0.712. The van der Waals surface area contributed by atoms with Crippen molar-refractivity contribution in [2.24, 2.45) is 7.05 Å². The van der Waals surface area contributed by atoms with Gasteiger partial charge in [0.1, 0.15) is 23.0 Å². The minimum atomic E-state index is -0.925. The number of nitriles is 1. The average molecular weight is 561 g/mol. The Morgan fingerprint density at radius 2 is 1.85 bits per heavy atom. The fraction of sp³-hybridized carbons (Fsp3) is 0.400. The molecule has 0 saturated carbocycles. The van der Waals surface area contributed by atoms with Crippen LogP contribution < -0.4 is 11.1 Å². The van der Waals surface area contributed by atoms with E-state index in [1.165, 1.54) is 9.47 Å². The molecule has 0 spiro atoms. The van der Waals surface area contributed by atoms with Crippen molar-refractivity contribution in [2.45, 2.75) is 51.4 Å². The van der Waals surface area contributed by atoms with Crippen LogP contribution in [0.1, 0.15) is 33.0 Å². The first-order valence-corrected chi connectivity index (χ1v) is 13.4. The van der Waals surface area contributed by atoms with Gasteiger partial charge in [-0.05, 0) is 68.7 Å². The zero-order valence-electron chi connectivity index (χ0n) is 23.4. The van der Waals surface area contributed by atoms with Crippen LogP contribution in [0.25, 0.3) is 33.2 Å². The van der Waals surface area contributed by atoms with Crippen molar-refractivity contribution in [1.29, 1.82) is 5.26 Å². The lowest BCUT2D eigenvalue weighted by molar-refractivity contribution is -0.133. The van der Waals surface area contributed by atoms with Crippen LogP contribution in [0.3, 0.4) is 0 Å². The van der Waals surface area contributed by atoms with Gasteiger partial charge in [-0.2, -0.15) is 5.26 Å². The summed E-state index contributed by atoms with van der Waals surface area (Å²) in [5.74, 6) is -0.361. The van der Waals surface area contributed by atoms with Crippen LogP contribution in [-0.2, 0) is 27.7 Å². The molecule has 0 radical (unpaired) electrons. The van der Waals surface area contributed by atoms with E-state index >= 15 is 0 Å². The van der Waals surface area contributed by atoms with Gasteiger partial charge >= 0.3 is 11.8 Å². The number of rotatable bonds is 5. The van der Waals surface area contributed by atoms with E-state index in [0.29, 0.717) is 42.0 Å². The van der Waals surface area contributed by atoms with E-state index in [2.05, 4.69) is 11.4 Å². The van der Waals surface area contributed by atoms with Gasteiger partial charge in [0, 0.05) is 32.0 Å². The third kappa shape index (κ3) is 6.28. The van der Waals surface area contributed by atoms with Crippen LogP contribution in [0.2, 0.25) is 0 Å². The number of carbonyl (C=O) groups is 2. The highest BCUT2D eigenvalue weighted by Crippen LogP contribution is 2.29. The minimum Gasteiger partial charge on any atom is -0.461 e. The number of hydrogen-bond donors (Lipinski definition) is 1. The molecule has 0 aliphatic carbocycles. The number of hydrogen-bond acceptors (Lipinski definition) is 8. The molecule has 5 rings (SSSR count). The zero-order valence-corrected chi connectivity index (χ0v) is 23.4. The first-order valence-electron chi connectivity index (χ1n) is 13.4. The summed E-state index contributed by atoms with van der Waals surface area (Å²) in [5.41, 5.74) is 3.03. The van der Waals surface area contributed by atoms with Gasteiger partial charge in [0.2, 0.25) is 0 Å². The van der Waals surface area contributed by atoms with Gasteiger partial charge in [0.15, 0.2) is 11.7 Å². The van der Waals surface area contributed by atoms with Crippen molar-refractivity contribution in [3.05, 3.63) is 58.8 Å². The Kier molecular flexibility index (Phi) is 7.60. The van der Waals surface area contributed by atoms with Gasteiger partial charge in [0.05, 0.1) is 18.1 Å². The maximum absolute atomic E-state index is 13.0. The zero-order chi connectivity index (χ0) is 29.3. The molecule has 1 aliphatic heterocycles. The molecule has 2 amide bonds. The van der Waals surface area contributed by atoms with Crippen LogP contribution in [0, 0.1) is 11.3 Å². The number of benzene rings is 2. The van der Waals surface area contributed by atoms with E-state index in [1.807, 2.05) is 36.4 Å². The number of nitrogens with zero attached hydrogens (tertiary/aromatic N) is 3. The number of nitrogens with one attached hydrogen (secondary N) is 1. The fourth-order valence-electron chi connectivity index (χ4n) is 4.76. The van der Waals surface area contributed by atoms with Gasteiger partial charge in [-0.15, -0.1) is 0 Å². The Hall–Kier alpha value is -4.56. The maximum Gasteiger partial charge on any atom is 0.419 e. The molecule has 2 aromatic carbocycles. The third-order valence-corrected chi connectivity index (χ3v) is 6.79. The number of ether oxygens (including phenoxy) is 2. The molecule has 3 heterocycles. The number of furan rings is 1. The Labute approximate surface area is 236 Å². The first kappa shape index (κ1) is 28.0. The molecule has 41 heavy (non-hydrogen) atoms. The molecule has 1 unspecified atom stereocenters.